The van der Waals surface area contributed by atoms with Crippen molar-refractivity contribution in [3.63, 3.8) is 0 Å². The van der Waals surface area contributed by atoms with E-state index in [1.807, 2.05) is 0 Å². The molecule has 0 saturated carbocycles. The molecule has 0 aliphatic rings. The van der Waals surface area contributed by atoms with Crippen LogP contribution in [0, 0.1) is 23.0 Å². The van der Waals surface area contributed by atoms with Crippen LogP contribution in [0.15, 0.2) is 12.1 Å². The van der Waals surface area contributed by atoms with Gasteiger partial charge in [-0.25, -0.2) is 9.78 Å². The molecule has 1 unspecified atom stereocenters. The molecule has 18 heavy (non-hydrogen) atoms. The van der Waals surface area contributed by atoms with Crippen LogP contribution in [0.2, 0.25) is 0 Å². The van der Waals surface area contributed by atoms with Crippen LogP contribution in [0.25, 0.3) is 0 Å². The number of anilines is 1. The third-order valence-electron chi connectivity index (χ3n) is 2.43. The summed E-state index contributed by atoms with van der Waals surface area (Å²) >= 11 is 0. The number of hydrogen-bond acceptors (Lipinski definition) is 5. The minimum Gasteiger partial charge on any atom is -0.480 e. The van der Waals surface area contributed by atoms with E-state index in [1.165, 1.54) is 12.1 Å². The number of hydrogen-bond donors (Lipinski definition) is 2. The quantitative estimate of drug-likeness (QED) is 0.612. The maximum absolute atomic E-state index is 11.1. The van der Waals surface area contributed by atoms with Crippen LogP contribution in [-0.4, -0.2) is 27.0 Å². The summed E-state index contributed by atoms with van der Waals surface area (Å²) in [7, 11) is 0. The summed E-state index contributed by atoms with van der Waals surface area (Å²) in [6.45, 7) is 5.11. The van der Waals surface area contributed by atoms with Crippen LogP contribution in [0.4, 0.5) is 11.5 Å². The fourth-order valence-corrected chi connectivity index (χ4v) is 1.46. The molecule has 1 atom stereocenters. The molecule has 0 radical (unpaired) electrons. The molecule has 2 N–H and O–H groups in total. The molecule has 0 aromatic carbocycles. The lowest BCUT2D eigenvalue weighted by Gasteiger charge is -2.18. The monoisotopic (exact) mass is 253 g/mol. The van der Waals surface area contributed by atoms with E-state index in [2.05, 4.69) is 10.3 Å². The van der Waals surface area contributed by atoms with E-state index in [4.69, 9.17) is 5.11 Å². The largest absolute Gasteiger partial charge is 0.480 e. The van der Waals surface area contributed by atoms with Crippen molar-refractivity contribution in [2.24, 2.45) is 5.92 Å². The zero-order chi connectivity index (χ0) is 13.9. The van der Waals surface area contributed by atoms with Crippen molar-refractivity contribution in [2.45, 2.75) is 26.8 Å². The van der Waals surface area contributed by atoms with Crippen molar-refractivity contribution in [1.82, 2.24) is 4.98 Å². The van der Waals surface area contributed by atoms with E-state index in [1.54, 1.807) is 20.8 Å². The van der Waals surface area contributed by atoms with Gasteiger partial charge in [0.1, 0.15) is 6.04 Å². The normalized spacial score (nSPS) is 12.2. The van der Waals surface area contributed by atoms with E-state index >= 15 is 0 Å². The third kappa shape index (κ3) is 3.16. The van der Waals surface area contributed by atoms with Gasteiger partial charge in [-0.1, -0.05) is 13.8 Å². The Morgan fingerprint density at radius 2 is 2.11 bits per heavy atom. The number of aromatic nitrogens is 1. The van der Waals surface area contributed by atoms with E-state index in [-0.39, 0.29) is 17.4 Å². The molecular weight excluding hydrogens is 238 g/mol. The van der Waals surface area contributed by atoms with E-state index in [9.17, 15) is 14.9 Å². The Kier molecular flexibility index (Phi) is 4.19. The number of nitrogens with zero attached hydrogens (tertiary/aromatic N) is 2. The first kappa shape index (κ1) is 13.9. The van der Waals surface area contributed by atoms with Crippen LogP contribution in [-0.2, 0) is 4.79 Å². The molecule has 1 aromatic heterocycles. The first-order valence-corrected chi connectivity index (χ1v) is 5.44. The molecule has 0 fully saturated rings. The van der Waals surface area contributed by atoms with Crippen LogP contribution < -0.4 is 5.32 Å². The molecule has 0 saturated heterocycles. The van der Waals surface area contributed by atoms with Gasteiger partial charge in [0.05, 0.1) is 4.92 Å². The van der Waals surface area contributed by atoms with Gasteiger partial charge in [0, 0.05) is 11.8 Å². The van der Waals surface area contributed by atoms with Gasteiger partial charge in [-0.2, -0.15) is 0 Å². The zero-order valence-corrected chi connectivity index (χ0v) is 10.4. The SMILES string of the molecule is Cc1ccc([N+](=O)[O-])c(NC(C(=O)O)C(C)C)n1. The van der Waals surface area contributed by atoms with Gasteiger partial charge in [0.15, 0.2) is 0 Å². The Morgan fingerprint density at radius 1 is 1.50 bits per heavy atom. The van der Waals surface area contributed by atoms with Gasteiger partial charge in [-0.3, -0.25) is 10.1 Å². The average molecular weight is 253 g/mol. The zero-order valence-electron chi connectivity index (χ0n) is 10.4. The highest BCUT2D eigenvalue weighted by Crippen LogP contribution is 2.23. The molecule has 98 valence electrons. The number of aryl methyl sites for hydroxylation is 1. The highest BCUT2D eigenvalue weighted by Gasteiger charge is 2.25. The summed E-state index contributed by atoms with van der Waals surface area (Å²) in [5.41, 5.74) is 0.350. The lowest BCUT2D eigenvalue weighted by molar-refractivity contribution is -0.384. The summed E-state index contributed by atoms with van der Waals surface area (Å²) in [5.74, 6) is -1.30. The average Bonchev–Trinajstić information content (AvgIpc) is 2.24. The highest BCUT2D eigenvalue weighted by atomic mass is 16.6. The highest BCUT2D eigenvalue weighted by molar-refractivity contribution is 5.78. The Morgan fingerprint density at radius 3 is 2.56 bits per heavy atom. The van der Waals surface area contributed by atoms with Crippen molar-refractivity contribution in [3.8, 4) is 0 Å². The fraction of sp³-hybridized carbons (Fsp3) is 0.455. The van der Waals surface area contributed by atoms with Crippen molar-refractivity contribution in [1.29, 1.82) is 0 Å². The summed E-state index contributed by atoms with van der Waals surface area (Å²) in [4.78, 5) is 25.3. The fourth-order valence-electron chi connectivity index (χ4n) is 1.46. The minimum atomic E-state index is -1.07. The standard InChI is InChI=1S/C11H15N3O4/c1-6(2)9(11(15)16)13-10-8(14(17)18)5-4-7(3)12-10/h4-6,9H,1-3H3,(H,12,13)(H,15,16). The van der Waals surface area contributed by atoms with Crippen molar-refractivity contribution in [2.75, 3.05) is 5.32 Å². The van der Waals surface area contributed by atoms with E-state index in [0.717, 1.165) is 0 Å². The van der Waals surface area contributed by atoms with E-state index < -0.39 is 16.9 Å². The Hall–Kier alpha value is -2.18. The predicted octanol–water partition coefficient (Wildman–Crippen LogP) is 1.82. The number of aliphatic carboxylic acids is 1. The molecular formula is C11H15N3O4. The first-order chi connectivity index (χ1) is 8.32. The molecule has 1 rings (SSSR count). The van der Waals surface area contributed by atoms with Gasteiger partial charge >= 0.3 is 11.7 Å². The summed E-state index contributed by atoms with van der Waals surface area (Å²) in [5, 5.41) is 22.5. The molecule has 0 aliphatic carbocycles. The summed E-state index contributed by atoms with van der Waals surface area (Å²) < 4.78 is 0. The van der Waals surface area contributed by atoms with Crippen LogP contribution in [0.3, 0.4) is 0 Å². The number of carbonyl (C=O) groups is 1. The second-order valence-electron chi connectivity index (χ2n) is 4.28. The molecule has 0 bridgehead atoms. The number of rotatable bonds is 5. The third-order valence-corrected chi connectivity index (χ3v) is 2.43. The van der Waals surface area contributed by atoms with Gasteiger partial charge in [-0.15, -0.1) is 0 Å². The Balaban J connectivity index is 3.12. The van der Waals surface area contributed by atoms with Crippen molar-refractivity contribution in [3.05, 3.63) is 27.9 Å². The van der Waals surface area contributed by atoms with Crippen molar-refractivity contribution < 1.29 is 14.8 Å². The van der Waals surface area contributed by atoms with Gasteiger partial charge in [0.25, 0.3) is 0 Å². The van der Waals surface area contributed by atoms with Crippen molar-refractivity contribution >= 4 is 17.5 Å². The predicted molar refractivity (Wildman–Crippen MR) is 65.5 cm³/mol. The van der Waals surface area contributed by atoms with Gasteiger partial charge < -0.3 is 10.4 Å². The number of nitro groups is 1. The van der Waals surface area contributed by atoms with Gasteiger partial charge in [-0.05, 0) is 18.9 Å². The molecule has 0 spiro atoms. The van der Waals surface area contributed by atoms with Gasteiger partial charge in [0.2, 0.25) is 5.82 Å². The topological polar surface area (TPSA) is 105 Å². The molecule has 0 aliphatic heterocycles. The minimum absolute atomic E-state index is 0.0129. The van der Waals surface area contributed by atoms with Crippen LogP contribution >= 0.6 is 0 Å². The van der Waals surface area contributed by atoms with Crippen LogP contribution in [0.1, 0.15) is 19.5 Å². The summed E-state index contributed by atoms with van der Waals surface area (Å²) in [6, 6.07) is 1.90. The molecule has 7 nitrogen and oxygen atoms in total. The maximum Gasteiger partial charge on any atom is 0.326 e. The number of carboxylic acid groups (broad SMARTS) is 1. The first-order valence-electron chi connectivity index (χ1n) is 5.44. The number of nitrogens with one attached hydrogen (secondary N) is 1. The molecule has 1 heterocycles. The van der Waals surface area contributed by atoms with E-state index in [0.29, 0.717) is 5.69 Å². The molecule has 0 amide bonds. The molecule has 1 aromatic rings. The number of pyridine rings is 1. The lowest BCUT2D eigenvalue weighted by Crippen LogP contribution is -2.34. The maximum atomic E-state index is 11.1. The smallest absolute Gasteiger partial charge is 0.326 e. The second kappa shape index (κ2) is 5.44. The lowest BCUT2D eigenvalue weighted by atomic mass is 10.0. The second-order valence-corrected chi connectivity index (χ2v) is 4.28. The Bertz CT molecular complexity index is 473. The Labute approximate surface area is 104 Å². The van der Waals surface area contributed by atoms with Crippen LogP contribution in [0.5, 0.6) is 0 Å². The number of carboxylic acids is 1. The summed E-state index contributed by atoms with van der Waals surface area (Å²) in [6.07, 6.45) is 0. The molecule has 7 heteroatoms.